The van der Waals surface area contributed by atoms with Crippen LogP contribution in [0.3, 0.4) is 0 Å². The first kappa shape index (κ1) is 25.2. The molecule has 0 saturated heterocycles. The van der Waals surface area contributed by atoms with E-state index in [0.717, 1.165) is 37.8 Å². The maximum atomic E-state index is 15.2. The van der Waals surface area contributed by atoms with Crippen LogP contribution in [-0.2, 0) is 12.8 Å². The number of aromatic nitrogens is 2. The monoisotopic (exact) mass is 533 g/mol. The van der Waals surface area contributed by atoms with Crippen molar-refractivity contribution in [2.45, 2.75) is 70.1 Å². The van der Waals surface area contributed by atoms with Gasteiger partial charge in [-0.3, -0.25) is 0 Å². The summed E-state index contributed by atoms with van der Waals surface area (Å²) in [5, 5.41) is 17.4. The minimum atomic E-state index is -0.385. The van der Waals surface area contributed by atoms with Crippen molar-refractivity contribution >= 4 is 17.3 Å². The molecule has 0 spiro atoms. The highest BCUT2D eigenvalue weighted by Crippen LogP contribution is 2.41. The Bertz CT molecular complexity index is 1340. The Balaban J connectivity index is 1.36. The molecule has 8 heteroatoms. The molecule has 1 fully saturated rings. The number of rotatable bonds is 7. The third-order valence-electron chi connectivity index (χ3n) is 8.22. The Labute approximate surface area is 228 Å². The van der Waals surface area contributed by atoms with Gasteiger partial charge in [0.1, 0.15) is 6.54 Å². The van der Waals surface area contributed by atoms with E-state index in [2.05, 4.69) is 20.1 Å². The lowest BCUT2D eigenvalue weighted by Crippen LogP contribution is -2.26. The smallest absolute Gasteiger partial charge is 0.165 e. The third kappa shape index (κ3) is 5.26. The van der Waals surface area contributed by atoms with Gasteiger partial charge < -0.3 is 4.74 Å². The molecule has 1 atom stereocenters. The van der Waals surface area contributed by atoms with E-state index in [1.165, 1.54) is 55.1 Å². The first-order valence-corrected chi connectivity index (χ1v) is 14.3. The maximum Gasteiger partial charge on any atom is 0.165 e. The maximum absolute atomic E-state index is 15.2. The second kappa shape index (κ2) is 11.4. The van der Waals surface area contributed by atoms with Gasteiger partial charge in [-0.15, -0.1) is 5.10 Å². The van der Waals surface area contributed by atoms with Gasteiger partial charge in [0.2, 0.25) is 0 Å². The average Bonchev–Trinajstić information content (AvgIpc) is 3.54. The van der Waals surface area contributed by atoms with E-state index in [-0.39, 0.29) is 17.5 Å². The van der Waals surface area contributed by atoms with E-state index in [1.54, 1.807) is 6.07 Å². The summed E-state index contributed by atoms with van der Waals surface area (Å²) in [6.07, 6.45) is 11.6. The van der Waals surface area contributed by atoms with Crippen molar-refractivity contribution in [1.29, 1.82) is 0 Å². The van der Waals surface area contributed by atoms with Gasteiger partial charge in [0.25, 0.3) is 0 Å². The predicted molar refractivity (Wildman–Crippen MR) is 147 cm³/mol. The normalized spacial score (nSPS) is 18.6. The van der Waals surface area contributed by atoms with E-state index >= 15 is 4.39 Å². The van der Waals surface area contributed by atoms with Crippen molar-refractivity contribution in [2.75, 3.05) is 13.2 Å². The lowest BCUT2D eigenvalue weighted by Gasteiger charge is -2.31. The van der Waals surface area contributed by atoms with Gasteiger partial charge in [-0.05, 0) is 97.7 Å². The SMILES string of the molecule is Fc1cc(C2=NN=NC2)ccc1OCC(c1c2c(nn1-c1ccc(Cl)cc1)CCCCC2)C1CCCCC1. The molecule has 3 aliphatic rings. The Hall–Kier alpha value is -3.06. The zero-order valence-electron chi connectivity index (χ0n) is 21.6. The molecule has 0 N–H and O–H groups in total. The summed E-state index contributed by atoms with van der Waals surface area (Å²) in [4.78, 5) is 0. The van der Waals surface area contributed by atoms with Crippen molar-refractivity contribution in [1.82, 2.24) is 9.78 Å². The van der Waals surface area contributed by atoms with Crippen molar-refractivity contribution < 1.29 is 9.13 Å². The highest BCUT2D eigenvalue weighted by atomic mass is 35.5. The van der Waals surface area contributed by atoms with Gasteiger partial charge in [0, 0.05) is 16.5 Å². The van der Waals surface area contributed by atoms with Crippen LogP contribution in [0.25, 0.3) is 5.69 Å². The molecule has 0 amide bonds. The molecule has 6 nitrogen and oxygen atoms in total. The van der Waals surface area contributed by atoms with E-state index < -0.39 is 0 Å². The van der Waals surface area contributed by atoms with E-state index in [0.29, 0.717) is 35.4 Å². The van der Waals surface area contributed by atoms with Gasteiger partial charge in [-0.2, -0.15) is 10.2 Å². The summed E-state index contributed by atoms with van der Waals surface area (Å²) < 4.78 is 23.6. The number of halogens is 2. The molecule has 2 heterocycles. The fourth-order valence-corrected chi connectivity index (χ4v) is 6.36. The van der Waals surface area contributed by atoms with Crippen LogP contribution >= 0.6 is 11.6 Å². The summed E-state index contributed by atoms with van der Waals surface area (Å²) in [6.45, 7) is 0.793. The summed E-state index contributed by atoms with van der Waals surface area (Å²) in [6, 6.07) is 13.0. The van der Waals surface area contributed by atoms with Crippen LogP contribution in [0.5, 0.6) is 5.75 Å². The number of hydrogen-bond acceptors (Lipinski definition) is 5. The molecule has 2 aromatic carbocycles. The first-order valence-electron chi connectivity index (χ1n) is 13.9. The quantitative estimate of drug-likeness (QED) is 0.290. The molecule has 0 bridgehead atoms. The Kier molecular flexibility index (Phi) is 7.54. The Morgan fingerprint density at radius 3 is 2.53 bits per heavy atom. The molecule has 2 aliphatic carbocycles. The molecular weight excluding hydrogens is 501 g/mol. The minimum Gasteiger partial charge on any atom is -0.490 e. The van der Waals surface area contributed by atoms with Gasteiger partial charge in [-0.1, -0.05) is 37.3 Å². The van der Waals surface area contributed by atoms with E-state index in [9.17, 15) is 0 Å². The standard InChI is InChI=1S/C30H33ClFN5O/c31-22-12-14-23(15-13-22)37-30(24-9-5-2-6-10-27(24)35-37)25(20-7-3-1-4-8-20)19-38-29-16-11-21(17-26(29)32)28-18-33-36-34-28/h11-17,20,25H,1-10,18-19H2. The number of ether oxygens (including phenoxy) is 1. The largest absolute Gasteiger partial charge is 0.490 e. The van der Waals surface area contributed by atoms with Gasteiger partial charge in [-0.25, -0.2) is 9.07 Å². The topological polar surface area (TPSA) is 64.1 Å². The van der Waals surface area contributed by atoms with Crippen molar-refractivity contribution in [3.8, 4) is 11.4 Å². The number of hydrogen-bond donors (Lipinski definition) is 0. The summed E-state index contributed by atoms with van der Waals surface area (Å²) in [5.74, 6) is 0.476. The lowest BCUT2D eigenvalue weighted by molar-refractivity contribution is 0.201. The Morgan fingerprint density at radius 1 is 0.974 bits per heavy atom. The third-order valence-corrected chi connectivity index (χ3v) is 8.47. The molecule has 3 aromatic rings. The zero-order chi connectivity index (χ0) is 25.9. The van der Waals surface area contributed by atoms with Gasteiger partial charge >= 0.3 is 0 Å². The summed E-state index contributed by atoms with van der Waals surface area (Å²) in [5.41, 5.74) is 6.20. The van der Waals surface area contributed by atoms with Crippen LogP contribution < -0.4 is 4.74 Å². The Morgan fingerprint density at radius 2 is 1.76 bits per heavy atom. The van der Waals surface area contributed by atoms with Crippen LogP contribution in [0.15, 0.2) is 57.9 Å². The van der Waals surface area contributed by atoms with Crippen molar-refractivity contribution in [3.63, 3.8) is 0 Å². The molecule has 1 aromatic heterocycles. The van der Waals surface area contributed by atoms with Crippen LogP contribution in [0.2, 0.25) is 5.02 Å². The fraction of sp³-hybridized carbons (Fsp3) is 0.467. The van der Waals surface area contributed by atoms with E-state index in [4.69, 9.17) is 21.4 Å². The first-order chi connectivity index (χ1) is 18.7. The second-order valence-electron chi connectivity index (χ2n) is 10.7. The van der Waals surface area contributed by atoms with Gasteiger partial charge in [0.05, 0.1) is 29.4 Å². The number of aryl methyl sites for hydroxylation is 1. The molecular formula is C30H33ClFN5O. The molecule has 38 heavy (non-hydrogen) atoms. The predicted octanol–water partition coefficient (Wildman–Crippen LogP) is 7.85. The number of fused-ring (bicyclic) bond motifs is 1. The van der Waals surface area contributed by atoms with Crippen LogP contribution in [0.4, 0.5) is 4.39 Å². The average molecular weight is 534 g/mol. The number of benzene rings is 2. The van der Waals surface area contributed by atoms with Crippen LogP contribution in [0.1, 0.15) is 79.8 Å². The molecule has 1 aliphatic heterocycles. The second-order valence-corrected chi connectivity index (χ2v) is 11.1. The minimum absolute atomic E-state index is 0.121. The highest BCUT2D eigenvalue weighted by molar-refractivity contribution is 6.30. The molecule has 1 saturated carbocycles. The highest BCUT2D eigenvalue weighted by Gasteiger charge is 2.33. The molecule has 1 unspecified atom stereocenters. The molecule has 0 radical (unpaired) electrons. The van der Waals surface area contributed by atoms with Crippen LogP contribution in [0, 0.1) is 11.7 Å². The van der Waals surface area contributed by atoms with Crippen molar-refractivity contribution in [3.05, 3.63) is 75.8 Å². The fourth-order valence-electron chi connectivity index (χ4n) is 6.23. The summed E-state index contributed by atoms with van der Waals surface area (Å²) >= 11 is 6.23. The van der Waals surface area contributed by atoms with Gasteiger partial charge in [0.15, 0.2) is 11.6 Å². The van der Waals surface area contributed by atoms with E-state index in [1.807, 2.05) is 30.3 Å². The summed E-state index contributed by atoms with van der Waals surface area (Å²) in [7, 11) is 0. The zero-order valence-corrected chi connectivity index (χ0v) is 22.3. The molecule has 6 rings (SSSR count). The number of nitrogens with zero attached hydrogens (tertiary/aromatic N) is 5. The van der Waals surface area contributed by atoms with Crippen molar-refractivity contribution in [2.24, 2.45) is 21.4 Å². The molecule has 198 valence electrons. The van der Waals surface area contributed by atoms with Crippen LogP contribution in [-0.4, -0.2) is 28.6 Å². The lowest BCUT2D eigenvalue weighted by atomic mass is 9.77.